The minimum atomic E-state index is -0.516. The fraction of sp³-hybridized carbons (Fsp3) is 0.500. The molecule has 5 heteroatoms. The predicted octanol–water partition coefficient (Wildman–Crippen LogP) is 2.30. The molecule has 4 nitrogen and oxygen atoms in total. The van der Waals surface area contributed by atoms with Crippen molar-refractivity contribution in [3.05, 3.63) is 28.8 Å². The molecule has 1 atom stereocenters. The molecular formula is C14H20ClNO3. The average Bonchev–Trinajstić information content (AvgIpc) is 2.36. The monoisotopic (exact) mass is 285 g/mol. The second-order valence-electron chi connectivity index (χ2n) is 4.52. The summed E-state index contributed by atoms with van der Waals surface area (Å²) >= 11 is 5.91. The van der Waals surface area contributed by atoms with Gasteiger partial charge in [-0.2, -0.15) is 0 Å². The molecule has 0 radical (unpaired) electrons. The molecule has 1 aromatic carbocycles. The van der Waals surface area contributed by atoms with Crippen LogP contribution in [0.5, 0.6) is 5.75 Å². The Bertz CT molecular complexity index is 421. The largest absolute Gasteiger partial charge is 0.494 e. The van der Waals surface area contributed by atoms with E-state index in [4.69, 9.17) is 21.4 Å². The number of hydrogen-bond donors (Lipinski definition) is 2. The lowest BCUT2D eigenvalue weighted by Crippen LogP contribution is -2.30. The van der Waals surface area contributed by atoms with Gasteiger partial charge in [0.05, 0.1) is 12.7 Å². The number of nitrogens with one attached hydrogen (secondary N) is 1. The zero-order chi connectivity index (χ0) is 14.3. The van der Waals surface area contributed by atoms with Crippen molar-refractivity contribution in [2.75, 3.05) is 13.2 Å². The highest BCUT2D eigenvalue weighted by molar-refractivity contribution is 6.31. The van der Waals surface area contributed by atoms with E-state index >= 15 is 0 Å². The van der Waals surface area contributed by atoms with Gasteiger partial charge in [-0.15, -0.1) is 0 Å². The summed E-state index contributed by atoms with van der Waals surface area (Å²) in [6.45, 7) is 4.31. The van der Waals surface area contributed by atoms with E-state index in [-0.39, 0.29) is 12.5 Å². The summed E-state index contributed by atoms with van der Waals surface area (Å²) in [6, 6.07) is 5.47. The summed E-state index contributed by atoms with van der Waals surface area (Å²) in [5, 5.41) is 12.4. The van der Waals surface area contributed by atoms with Gasteiger partial charge in [-0.3, -0.25) is 4.79 Å². The number of aliphatic hydroxyl groups excluding tert-OH is 1. The number of ether oxygens (including phenoxy) is 1. The number of carbonyl (C=O) groups excluding carboxylic acids is 1. The summed E-state index contributed by atoms with van der Waals surface area (Å²) in [6.07, 6.45) is 0.504. The van der Waals surface area contributed by atoms with Gasteiger partial charge in [-0.05, 0) is 44.0 Å². The van der Waals surface area contributed by atoms with Crippen molar-refractivity contribution in [1.82, 2.24) is 5.32 Å². The molecule has 0 aliphatic heterocycles. The topological polar surface area (TPSA) is 58.6 Å². The number of carbonyl (C=O) groups is 1. The smallest absolute Gasteiger partial charge is 0.220 e. The third kappa shape index (κ3) is 6.45. The van der Waals surface area contributed by atoms with Crippen molar-refractivity contribution in [2.45, 2.75) is 32.8 Å². The first-order valence-corrected chi connectivity index (χ1v) is 6.70. The highest BCUT2D eigenvalue weighted by Crippen LogP contribution is 2.21. The Kier molecular flexibility index (Phi) is 6.67. The molecule has 0 fully saturated rings. The molecule has 2 N–H and O–H groups in total. The van der Waals surface area contributed by atoms with Gasteiger partial charge in [0.15, 0.2) is 0 Å². The maximum Gasteiger partial charge on any atom is 0.220 e. The van der Waals surface area contributed by atoms with Crippen molar-refractivity contribution in [3.63, 3.8) is 0 Å². The number of amides is 1. The van der Waals surface area contributed by atoms with E-state index in [1.807, 2.05) is 19.1 Å². The number of aliphatic hydroxyl groups is 1. The zero-order valence-corrected chi connectivity index (χ0v) is 12.0. The van der Waals surface area contributed by atoms with Crippen molar-refractivity contribution in [3.8, 4) is 5.75 Å². The molecule has 0 aliphatic carbocycles. The van der Waals surface area contributed by atoms with Gasteiger partial charge in [-0.1, -0.05) is 11.6 Å². The number of hydrogen-bond acceptors (Lipinski definition) is 3. The van der Waals surface area contributed by atoms with Gasteiger partial charge in [0, 0.05) is 18.0 Å². The average molecular weight is 286 g/mol. The summed E-state index contributed by atoms with van der Waals surface area (Å²) < 4.78 is 5.53. The van der Waals surface area contributed by atoms with Gasteiger partial charge in [0.25, 0.3) is 0 Å². The molecule has 0 aliphatic rings. The Balaban J connectivity index is 2.20. The molecule has 106 valence electrons. The number of rotatable bonds is 7. The van der Waals surface area contributed by atoms with Crippen molar-refractivity contribution >= 4 is 17.5 Å². The second-order valence-corrected chi connectivity index (χ2v) is 4.92. The summed E-state index contributed by atoms with van der Waals surface area (Å²) in [7, 11) is 0. The highest BCUT2D eigenvalue weighted by Gasteiger charge is 2.03. The van der Waals surface area contributed by atoms with Gasteiger partial charge in [0.2, 0.25) is 5.91 Å². The van der Waals surface area contributed by atoms with Crippen LogP contribution in [0.4, 0.5) is 0 Å². The van der Waals surface area contributed by atoms with Crippen LogP contribution in [-0.2, 0) is 4.79 Å². The first kappa shape index (κ1) is 15.8. The third-order valence-electron chi connectivity index (χ3n) is 2.54. The molecule has 1 rings (SSSR count). The quantitative estimate of drug-likeness (QED) is 0.756. The van der Waals surface area contributed by atoms with Crippen LogP contribution < -0.4 is 10.1 Å². The maximum atomic E-state index is 11.4. The highest BCUT2D eigenvalue weighted by atomic mass is 35.5. The SMILES string of the molecule is Cc1cc(OCCCC(=O)NCC(C)O)ccc1Cl. The zero-order valence-electron chi connectivity index (χ0n) is 11.3. The maximum absolute atomic E-state index is 11.4. The third-order valence-corrected chi connectivity index (χ3v) is 2.97. The molecule has 0 spiro atoms. The van der Waals surface area contributed by atoms with E-state index in [1.54, 1.807) is 13.0 Å². The van der Waals surface area contributed by atoms with Gasteiger partial charge in [-0.25, -0.2) is 0 Å². The minimum absolute atomic E-state index is 0.0724. The van der Waals surface area contributed by atoms with E-state index < -0.39 is 6.10 Å². The predicted molar refractivity (Wildman–Crippen MR) is 75.6 cm³/mol. The van der Waals surface area contributed by atoms with Crippen LogP contribution in [0, 0.1) is 6.92 Å². The van der Waals surface area contributed by atoms with E-state index in [0.29, 0.717) is 24.5 Å². The normalized spacial score (nSPS) is 12.0. The summed E-state index contributed by atoms with van der Waals surface area (Å²) in [4.78, 5) is 11.4. The van der Waals surface area contributed by atoms with Crippen molar-refractivity contribution in [2.24, 2.45) is 0 Å². The first-order chi connectivity index (χ1) is 8.99. The van der Waals surface area contributed by atoms with Gasteiger partial charge in [0.1, 0.15) is 5.75 Å². The number of aryl methyl sites for hydroxylation is 1. The standard InChI is InChI=1S/C14H20ClNO3/c1-10-8-12(5-6-13(10)15)19-7-3-4-14(18)16-9-11(2)17/h5-6,8,11,17H,3-4,7,9H2,1-2H3,(H,16,18). The summed E-state index contributed by atoms with van der Waals surface area (Å²) in [5.74, 6) is 0.683. The molecule has 19 heavy (non-hydrogen) atoms. The Morgan fingerprint density at radius 3 is 2.89 bits per heavy atom. The molecule has 0 bridgehead atoms. The molecule has 0 saturated carbocycles. The second kappa shape index (κ2) is 8.02. The van der Waals surface area contributed by atoms with Gasteiger partial charge >= 0.3 is 0 Å². The molecule has 1 unspecified atom stereocenters. The molecular weight excluding hydrogens is 266 g/mol. The van der Waals surface area contributed by atoms with Crippen LogP contribution in [-0.4, -0.2) is 30.3 Å². The number of benzene rings is 1. The Morgan fingerprint density at radius 2 is 2.26 bits per heavy atom. The van der Waals surface area contributed by atoms with Crippen LogP contribution in [0.25, 0.3) is 0 Å². The Labute approximate surface area is 118 Å². The van der Waals surface area contributed by atoms with E-state index in [1.165, 1.54) is 0 Å². The summed E-state index contributed by atoms with van der Waals surface area (Å²) in [5.41, 5.74) is 0.967. The molecule has 1 aromatic rings. The van der Waals surface area contributed by atoms with Crippen LogP contribution in [0.15, 0.2) is 18.2 Å². The Hall–Kier alpha value is -1.26. The minimum Gasteiger partial charge on any atom is -0.494 e. The first-order valence-electron chi connectivity index (χ1n) is 6.32. The molecule has 1 amide bonds. The van der Waals surface area contributed by atoms with E-state index in [9.17, 15) is 4.79 Å². The Morgan fingerprint density at radius 1 is 1.53 bits per heavy atom. The lowest BCUT2D eigenvalue weighted by atomic mass is 10.2. The van der Waals surface area contributed by atoms with Crippen LogP contribution in [0.1, 0.15) is 25.3 Å². The molecule has 0 saturated heterocycles. The lowest BCUT2D eigenvalue weighted by Gasteiger charge is -2.09. The lowest BCUT2D eigenvalue weighted by molar-refractivity contribution is -0.121. The fourth-order valence-corrected chi connectivity index (χ4v) is 1.60. The van der Waals surface area contributed by atoms with E-state index in [2.05, 4.69) is 5.32 Å². The molecule has 0 heterocycles. The van der Waals surface area contributed by atoms with Gasteiger partial charge < -0.3 is 15.2 Å². The van der Waals surface area contributed by atoms with E-state index in [0.717, 1.165) is 11.3 Å². The fourth-order valence-electron chi connectivity index (χ4n) is 1.48. The van der Waals surface area contributed by atoms with Crippen LogP contribution in [0.3, 0.4) is 0 Å². The van der Waals surface area contributed by atoms with Crippen LogP contribution >= 0.6 is 11.6 Å². The van der Waals surface area contributed by atoms with Crippen molar-refractivity contribution in [1.29, 1.82) is 0 Å². The number of halogens is 1. The van der Waals surface area contributed by atoms with Crippen LogP contribution in [0.2, 0.25) is 5.02 Å². The van der Waals surface area contributed by atoms with Crippen molar-refractivity contribution < 1.29 is 14.6 Å². The molecule has 0 aromatic heterocycles.